The van der Waals surface area contributed by atoms with Crippen LogP contribution in [0.2, 0.25) is 0 Å². The normalized spacial score (nSPS) is 19.0. The fourth-order valence-corrected chi connectivity index (χ4v) is 2.65. The SMILES string of the molecule is CC1(C)COCCN1c1nc2ccccn2c1CO. The lowest BCUT2D eigenvalue weighted by molar-refractivity contribution is 0.0637. The van der Waals surface area contributed by atoms with Gasteiger partial charge < -0.3 is 14.7 Å². The van der Waals surface area contributed by atoms with E-state index in [9.17, 15) is 5.11 Å². The molecule has 0 radical (unpaired) electrons. The van der Waals surface area contributed by atoms with Crippen molar-refractivity contribution in [1.29, 1.82) is 0 Å². The van der Waals surface area contributed by atoms with Gasteiger partial charge in [0.15, 0.2) is 5.82 Å². The highest BCUT2D eigenvalue weighted by Gasteiger charge is 2.33. The number of aromatic nitrogens is 2. The number of morpholine rings is 1. The summed E-state index contributed by atoms with van der Waals surface area (Å²) in [5, 5.41) is 9.69. The summed E-state index contributed by atoms with van der Waals surface area (Å²) in [4.78, 5) is 6.91. The molecule has 0 spiro atoms. The summed E-state index contributed by atoms with van der Waals surface area (Å²) in [6.07, 6.45) is 1.94. The number of imidazole rings is 1. The molecule has 102 valence electrons. The molecule has 1 aliphatic heterocycles. The average molecular weight is 261 g/mol. The molecule has 2 aromatic rings. The van der Waals surface area contributed by atoms with Gasteiger partial charge in [0.25, 0.3) is 0 Å². The van der Waals surface area contributed by atoms with Gasteiger partial charge in [0.1, 0.15) is 5.65 Å². The number of hydrogen-bond donors (Lipinski definition) is 1. The maximum absolute atomic E-state index is 9.69. The van der Waals surface area contributed by atoms with Crippen LogP contribution >= 0.6 is 0 Å². The molecule has 0 atom stereocenters. The van der Waals surface area contributed by atoms with Gasteiger partial charge in [-0.15, -0.1) is 0 Å². The first kappa shape index (κ1) is 12.4. The Balaban J connectivity index is 2.13. The van der Waals surface area contributed by atoms with Gasteiger partial charge in [-0.2, -0.15) is 0 Å². The number of anilines is 1. The maximum atomic E-state index is 9.69. The number of ether oxygens (including phenoxy) is 1. The Labute approximate surface area is 112 Å². The highest BCUT2D eigenvalue weighted by molar-refractivity contribution is 5.57. The molecule has 0 saturated carbocycles. The van der Waals surface area contributed by atoms with Crippen LogP contribution in [0, 0.1) is 0 Å². The molecule has 5 nitrogen and oxygen atoms in total. The van der Waals surface area contributed by atoms with Crippen LogP contribution < -0.4 is 4.90 Å². The summed E-state index contributed by atoms with van der Waals surface area (Å²) in [5.74, 6) is 0.863. The van der Waals surface area contributed by atoms with Crippen LogP contribution in [-0.4, -0.2) is 39.8 Å². The molecule has 0 amide bonds. The van der Waals surface area contributed by atoms with Crippen molar-refractivity contribution in [1.82, 2.24) is 9.38 Å². The van der Waals surface area contributed by atoms with Crippen LogP contribution in [0.1, 0.15) is 19.5 Å². The molecule has 0 bridgehead atoms. The Kier molecular flexibility index (Phi) is 2.95. The molecule has 5 heteroatoms. The number of aliphatic hydroxyl groups is 1. The predicted octanol–water partition coefficient (Wildman–Crippen LogP) is 1.44. The molecular formula is C14H19N3O2. The van der Waals surface area contributed by atoms with E-state index >= 15 is 0 Å². The van der Waals surface area contributed by atoms with Crippen LogP contribution in [0.15, 0.2) is 24.4 Å². The van der Waals surface area contributed by atoms with Crippen LogP contribution in [0.25, 0.3) is 5.65 Å². The van der Waals surface area contributed by atoms with Crippen LogP contribution in [0.3, 0.4) is 0 Å². The Morgan fingerprint density at radius 3 is 3.00 bits per heavy atom. The summed E-state index contributed by atoms with van der Waals surface area (Å²) >= 11 is 0. The fourth-order valence-electron chi connectivity index (χ4n) is 2.65. The minimum absolute atomic E-state index is 0.0199. The van der Waals surface area contributed by atoms with Crippen molar-refractivity contribution in [3.8, 4) is 0 Å². The molecule has 1 aliphatic rings. The Bertz CT molecular complexity index is 591. The topological polar surface area (TPSA) is 50.0 Å². The van der Waals surface area contributed by atoms with Crippen molar-refractivity contribution in [2.45, 2.75) is 26.0 Å². The zero-order valence-corrected chi connectivity index (χ0v) is 11.3. The molecule has 19 heavy (non-hydrogen) atoms. The van der Waals surface area contributed by atoms with Gasteiger partial charge in [-0.25, -0.2) is 4.98 Å². The second-order valence-electron chi connectivity index (χ2n) is 5.49. The van der Waals surface area contributed by atoms with Crippen LogP contribution in [0.5, 0.6) is 0 Å². The predicted molar refractivity (Wildman–Crippen MR) is 73.4 cm³/mol. The lowest BCUT2D eigenvalue weighted by atomic mass is 10.0. The Morgan fingerprint density at radius 2 is 2.26 bits per heavy atom. The molecule has 3 heterocycles. The highest BCUT2D eigenvalue weighted by Crippen LogP contribution is 2.30. The molecule has 0 unspecified atom stereocenters. The lowest BCUT2D eigenvalue weighted by Crippen LogP contribution is -2.53. The first-order chi connectivity index (χ1) is 9.13. The summed E-state index contributed by atoms with van der Waals surface area (Å²) in [6.45, 7) is 6.42. The molecular weight excluding hydrogens is 242 g/mol. The van der Waals surface area contributed by atoms with E-state index in [1.165, 1.54) is 0 Å². The zero-order valence-electron chi connectivity index (χ0n) is 11.3. The number of aliphatic hydroxyl groups excluding tert-OH is 1. The zero-order chi connectivity index (χ0) is 13.5. The standard InChI is InChI=1S/C14H19N3O2/c1-14(2)10-19-8-7-17(14)13-11(9-18)16-6-4-3-5-12(16)15-13/h3-6,18H,7-10H2,1-2H3. The van der Waals surface area contributed by atoms with Gasteiger partial charge in [-0.05, 0) is 26.0 Å². The third-order valence-corrected chi connectivity index (χ3v) is 3.66. The number of nitrogens with zero attached hydrogens (tertiary/aromatic N) is 3. The van der Waals surface area contributed by atoms with Crippen LogP contribution in [0.4, 0.5) is 5.82 Å². The highest BCUT2D eigenvalue weighted by atomic mass is 16.5. The largest absolute Gasteiger partial charge is 0.390 e. The second-order valence-corrected chi connectivity index (χ2v) is 5.49. The molecule has 3 rings (SSSR count). The summed E-state index contributed by atoms with van der Waals surface area (Å²) in [6, 6.07) is 5.86. The van der Waals surface area contributed by atoms with Crippen molar-refractivity contribution >= 4 is 11.5 Å². The summed E-state index contributed by atoms with van der Waals surface area (Å²) < 4.78 is 7.49. The number of fused-ring (bicyclic) bond motifs is 1. The van der Waals surface area contributed by atoms with E-state index < -0.39 is 0 Å². The third-order valence-electron chi connectivity index (χ3n) is 3.66. The quantitative estimate of drug-likeness (QED) is 0.889. The molecule has 0 aromatic carbocycles. The molecule has 2 aromatic heterocycles. The number of pyridine rings is 1. The van der Waals surface area contributed by atoms with Gasteiger partial charge in [0.2, 0.25) is 0 Å². The molecule has 1 N–H and O–H groups in total. The molecule has 1 saturated heterocycles. The first-order valence-corrected chi connectivity index (χ1v) is 6.56. The fraction of sp³-hybridized carbons (Fsp3) is 0.500. The van der Waals surface area contributed by atoms with Gasteiger partial charge in [0, 0.05) is 12.7 Å². The van der Waals surface area contributed by atoms with Gasteiger partial charge in [0.05, 0.1) is 31.1 Å². The summed E-state index contributed by atoms with van der Waals surface area (Å²) in [5.41, 5.74) is 1.59. The van der Waals surface area contributed by atoms with E-state index in [1.807, 2.05) is 28.8 Å². The van der Waals surface area contributed by atoms with E-state index in [2.05, 4.69) is 23.7 Å². The number of rotatable bonds is 2. The van der Waals surface area contributed by atoms with Crippen LogP contribution in [-0.2, 0) is 11.3 Å². The van der Waals surface area contributed by atoms with Gasteiger partial charge >= 0.3 is 0 Å². The summed E-state index contributed by atoms with van der Waals surface area (Å²) in [7, 11) is 0. The van der Waals surface area contributed by atoms with Crippen molar-refractivity contribution in [3.63, 3.8) is 0 Å². The van der Waals surface area contributed by atoms with E-state index in [4.69, 9.17) is 4.74 Å². The lowest BCUT2D eigenvalue weighted by Gasteiger charge is -2.42. The number of hydrogen-bond acceptors (Lipinski definition) is 4. The smallest absolute Gasteiger partial charge is 0.154 e. The third kappa shape index (κ3) is 1.99. The average Bonchev–Trinajstić information content (AvgIpc) is 2.76. The maximum Gasteiger partial charge on any atom is 0.154 e. The minimum atomic E-state index is -0.111. The van der Waals surface area contributed by atoms with E-state index in [0.717, 1.165) is 23.7 Å². The second kappa shape index (κ2) is 4.51. The van der Waals surface area contributed by atoms with E-state index in [0.29, 0.717) is 13.2 Å². The van der Waals surface area contributed by atoms with E-state index in [-0.39, 0.29) is 12.1 Å². The molecule has 1 fully saturated rings. The van der Waals surface area contributed by atoms with E-state index in [1.54, 1.807) is 0 Å². The van der Waals surface area contributed by atoms with Crippen molar-refractivity contribution in [2.75, 3.05) is 24.7 Å². The first-order valence-electron chi connectivity index (χ1n) is 6.56. The Hall–Kier alpha value is -1.59. The van der Waals surface area contributed by atoms with Crippen molar-refractivity contribution < 1.29 is 9.84 Å². The Morgan fingerprint density at radius 1 is 1.42 bits per heavy atom. The molecule has 0 aliphatic carbocycles. The van der Waals surface area contributed by atoms with Gasteiger partial charge in [-0.1, -0.05) is 6.07 Å². The van der Waals surface area contributed by atoms with Gasteiger partial charge in [-0.3, -0.25) is 4.40 Å². The van der Waals surface area contributed by atoms with Crippen molar-refractivity contribution in [3.05, 3.63) is 30.1 Å². The monoisotopic (exact) mass is 261 g/mol. The minimum Gasteiger partial charge on any atom is -0.390 e. The van der Waals surface area contributed by atoms with Crippen molar-refractivity contribution in [2.24, 2.45) is 0 Å².